The Morgan fingerprint density at radius 2 is 2.36 bits per heavy atom. The maximum absolute atomic E-state index is 5.63. The minimum atomic E-state index is -0.235. The normalized spacial score (nSPS) is 36.8. The Morgan fingerprint density at radius 1 is 1.43 bits per heavy atom. The molecule has 0 aliphatic carbocycles. The Kier molecular flexibility index (Phi) is 3.53. The zero-order chi connectivity index (χ0) is 9.80. The first-order valence-corrected chi connectivity index (χ1v) is 5.05. The molecule has 0 aromatic heterocycles. The van der Waals surface area contributed by atoms with E-state index in [4.69, 9.17) is 18.9 Å². The van der Waals surface area contributed by atoms with Crippen molar-refractivity contribution in [3.8, 4) is 0 Å². The van der Waals surface area contributed by atoms with Crippen LogP contribution >= 0.6 is 0 Å². The summed E-state index contributed by atoms with van der Waals surface area (Å²) < 4.78 is 21.6. The van der Waals surface area contributed by atoms with Crippen LogP contribution in [0.15, 0.2) is 12.2 Å². The average Bonchev–Trinajstić information content (AvgIpc) is 2.26. The highest BCUT2D eigenvalue weighted by molar-refractivity contribution is 5.01. The number of rotatable bonds is 3. The van der Waals surface area contributed by atoms with E-state index in [0.717, 1.165) is 6.42 Å². The van der Waals surface area contributed by atoms with Gasteiger partial charge in [0.25, 0.3) is 0 Å². The number of hydrogen-bond donors (Lipinski definition) is 0. The van der Waals surface area contributed by atoms with Crippen LogP contribution in [0.25, 0.3) is 0 Å². The van der Waals surface area contributed by atoms with Gasteiger partial charge in [-0.15, -0.1) is 0 Å². The van der Waals surface area contributed by atoms with Crippen LogP contribution in [0.4, 0.5) is 0 Å². The second kappa shape index (κ2) is 4.89. The molecule has 0 bridgehead atoms. The van der Waals surface area contributed by atoms with Crippen LogP contribution in [0, 0.1) is 0 Å². The van der Waals surface area contributed by atoms with Crippen molar-refractivity contribution in [1.29, 1.82) is 0 Å². The van der Waals surface area contributed by atoms with Gasteiger partial charge in [0, 0.05) is 6.61 Å². The van der Waals surface area contributed by atoms with Crippen molar-refractivity contribution in [3.05, 3.63) is 12.2 Å². The summed E-state index contributed by atoms with van der Waals surface area (Å²) >= 11 is 0. The van der Waals surface area contributed by atoms with Gasteiger partial charge in [0.2, 0.25) is 0 Å². The second-order valence-electron chi connectivity index (χ2n) is 3.42. The van der Waals surface area contributed by atoms with E-state index in [-0.39, 0.29) is 18.5 Å². The Hall–Kier alpha value is -0.420. The first kappa shape index (κ1) is 10.1. The first-order chi connectivity index (χ1) is 6.90. The molecule has 0 N–H and O–H groups in total. The molecule has 0 saturated carbocycles. The molecule has 80 valence electrons. The molecule has 0 aromatic rings. The molecule has 2 aliphatic rings. The van der Waals surface area contributed by atoms with Crippen LogP contribution in [0.5, 0.6) is 0 Å². The molecule has 0 amide bonds. The SMILES string of the molecule is CCCO[C@@H]1C=C[C@@H]2OCOCC2O1. The lowest BCUT2D eigenvalue weighted by Gasteiger charge is -2.34. The smallest absolute Gasteiger partial charge is 0.177 e. The fraction of sp³-hybridized carbons (Fsp3) is 0.800. The van der Waals surface area contributed by atoms with Gasteiger partial charge in [-0.05, 0) is 12.5 Å². The predicted molar refractivity (Wildman–Crippen MR) is 49.7 cm³/mol. The zero-order valence-electron chi connectivity index (χ0n) is 8.35. The highest BCUT2D eigenvalue weighted by Crippen LogP contribution is 2.20. The highest BCUT2D eigenvalue weighted by Gasteiger charge is 2.31. The van der Waals surface area contributed by atoms with Crippen molar-refractivity contribution >= 4 is 0 Å². The van der Waals surface area contributed by atoms with E-state index >= 15 is 0 Å². The fourth-order valence-corrected chi connectivity index (χ4v) is 1.54. The Bertz CT molecular complexity index is 204. The lowest BCUT2D eigenvalue weighted by atomic mass is 10.1. The van der Waals surface area contributed by atoms with Gasteiger partial charge in [0.1, 0.15) is 19.0 Å². The summed E-state index contributed by atoms with van der Waals surface area (Å²) in [6, 6.07) is 0. The summed E-state index contributed by atoms with van der Waals surface area (Å²) in [6.45, 7) is 3.73. The third kappa shape index (κ3) is 2.33. The Labute approximate surface area is 83.8 Å². The quantitative estimate of drug-likeness (QED) is 0.638. The minimum absolute atomic E-state index is 0.0180. The first-order valence-electron chi connectivity index (χ1n) is 5.05. The molecule has 0 aromatic carbocycles. The Balaban J connectivity index is 1.86. The van der Waals surface area contributed by atoms with Crippen LogP contribution in [-0.2, 0) is 18.9 Å². The van der Waals surface area contributed by atoms with Gasteiger partial charge in [-0.1, -0.05) is 13.0 Å². The van der Waals surface area contributed by atoms with Gasteiger partial charge in [-0.2, -0.15) is 0 Å². The van der Waals surface area contributed by atoms with E-state index in [1.165, 1.54) is 0 Å². The zero-order valence-corrected chi connectivity index (χ0v) is 8.35. The molecule has 1 saturated heterocycles. The van der Waals surface area contributed by atoms with Crippen LogP contribution in [0.2, 0.25) is 0 Å². The van der Waals surface area contributed by atoms with Crippen LogP contribution in [-0.4, -0.2) is 38.5 Å². The molecule has 1 fully saturated rings. The van der Waals surface area contributed by atoms with E-state index in [9.17, 15) is 0 Å². The molecule has 0 spiro atoms. The van der Waals surface area contributed by atoms with Crippen molar-refractivity contribution < 1.29 is 18.9 Å². The van der Waals surface area contributed by atoms with Gasteiger partial charge >= 0.3 is 0 Å². The van der Waals surface area contributed by atoms with Gasteiger partial charge in [0.15, 0.2) is 6.29 Å². The summed E-state index contributed by atoms with van der Waals surface area (Å²) in [5.41, 5.74) is 0. The molecule has 4 heteroatoms. The maximum Gasteiger partial charge on any atom is 0.177 e. The predicted octanol–water partition coefficient (Wildman–Crippen LogP) is 1.07. The van der Waals surface area contributed by atoms with Gasteiger partial charge < -0.3 is 18.9 Å². The molecule has 1 unspecified atom stereocenters. The average molecular weight is 200 g/mol. The van der Waals surface area contributed by atoms with E-state index in [2.05, 4.69) is 6.92 Å². The fourth-order valence-electron chi connectivity index (χ4n) is 1.54. The summed E-state index contributed by atoms with van der Waals surface area (Å²) in [7, 11) is 0. The van der Waals surface area contributed by atoms with E-state index < -0.39 is 0 Å². The van der Waals surface area contributed by atoms with E-state index in [1.807, 2.05) is 12.2 Å². The molecular formula is C10H16O4. The van der Waals surface area contributed by atoms with Crippen LogP contribution < -0.4 is 0 Å². The Morgan fingerprint density at radius 3 is 3.21 bits per heavy atom. The van der Waals surface area contributed by atoms with Gasteiger partial charge in [0.05, 0.1) is 6.61 Å². The molecule has 14 heavy (non-hydrogen) atoms. The van der Waals surface area contributed by atoms with Gasteiger partial charge in [-0.25, -0.2) is 0 Å². The summed E-state index contributed by atoms with van der Waals surface area (Å²) in [5, 5.41) is 0. The van der Waals surface area contributed by atoms with Gasteiger partial charge in [-0.3, -0.25) is 0 Å². The molecular weight excluding hydrogens is 184 g/mol. The van der Waals surface area contributed by atoms with Crippen molar-refractivity contribution in [1.82, 2.24) is 0 Å². The lowest BCUT2D eigenvalue weighted by molar-refractivity contribution is -0.243. The summed E-state index contributed by atoms with van der Waals surface area (Å²) in [5.74, 6) is 0. The number of fused-ring (bicyclic) bond motifs is 1. The van der Waals surface area contributed by atoms with Crippen molar-refractivity contribution in [2.75, 3.05) is 20.0 Å². The molecule has 2 heterocycles. The van der Waals surface area contributed by atoms with E-state index in [1.54, 1.807) is 0 Å². The maximum atomic E-state index is 5.63. The van der Waals surface area contributed by atoms with Crippen molar-refractivity contribution in [3.63, 3.8) is 0 Å². The minimum Gasteiger partial charge on any atom is -0.353 e. The van der Waals surface area contributed by atoms with E-state index in [0.29, 0.717) is 20.0 Å². The standard InChI is InChI=1S/C10H16O4/c1-2-5-12-10-4-3-8-9(14-10)6-11-7-13-8/h3-4,8-10H,2,5-7H2,1H3/t8-,9?,10-/m0/s1. The molecule has 3 atom stereocenters. The van der Waals surface area contributed by atoms with Crippen molar-refractivity contribution in [2.24, 2.45) is 0 Å². The topological polar surface area (TPSA) is 36.9 Å². The third-order valence-corrected chi connectivity index (χ3v) is 2.25. The number of hydrogen-bond acceptors (Lipinski definition) is 4. The molecule has 0 radical (unpaired) electrons. The second-order valence-corrected chi connectivity index (χ2v) is 3.42. The number of ether oxygens (including phenoxy) is 4. The molecule has 4 nitrogen and oxygen atoms in total. The largest absolute Gasteiger partial charge is 0.353 e. The van der Waals surface area contributed by atoms with Crippen molar-refractivity contribution in [2.45, 2.75) is 31.8 Å². The summed E-state index contributed by atoms with van der Waals surface area (Å²) in [4.78, 5) is 0. The highest BCUT2D eigenvalue weighted by atomic mass is 16.7. The van der Waals surface area contributed by atoms with Crippen LogP contribution in [0.3, 0.4) is 0 Å². The third-order valence-electron chi connectivity index (χ3n) is 2.25. The monoisotopic (exact) mass is 200 g/mol. The molecule has 2 rings (SSSR count). The molecule has 2 aliphatic heterocycles. The van der Waals surface area contributed by atoms with Crippen LogP contribution in [0.1, 0.15) is 13.3 Å². The summed E-state index contributed by atoms with van der Waals surface area (Å²) in [6.07, 6.45) is 4.68. The lowest BCUT2D eigenvalue weighted by Crippen LogP contribution is -2.44.